The number of ether oxygens (including phenoxy) is 2. The molecular formula is C19H24BrN3O3S. The summed E-state index contributed by atoms with van der Waals surface area (Å²) in [5.74, 6) is 0. The summed E-state index contributed by atoms with van der Waals surface area (Å²) in [6, 6.07) is 7.90. The standard InChI is InChI=1S/C19H24BrN3O3S/c1-17(2,3)26-16(24)23-18(4,5)25-11-19(23,6)15-22-21-14(27-15)12-7-9-13(20)10-8-12/h7-10H,11H2,1-6H3. The molecule has 1 aliphatic rings. The average molecular weight is 454 g/mol. The number of carbonyl (C=O) groups excluding carboxylic acids is 1. The maximum absolute atomic E-state index is 13.0. The Bertz CT molecular complexity index is 845. The molecule has 1 aromatic carbocycles. The molecule has 3 rings (SSSR count). The molecule has 1 saturated heterocycles. The van der Waals surface area contributed by atoms with E-state index < -0.39 is 23.0 Å². The summed E-state index contributed by atoms with van der Waals surface area (Å²) in [5, 5.41) is 10.2. The van der Waals surface area contributed by atoms with Crippen LogP contribution in [0, 0.1) is 0 Å². The van der Waals surface area contributed by atoms with Gasteiger partial charge >= 0.3 is 6.09 Å². The van der Waals surface area contributed by atoms with E-state index in [-0.39, 0.29) is 0 Å². The second-order valence-corrected chi connectivity index (χ2v) is 10.1. The van der Waals surface area contributed by atoms with Gasteiger partial charge in [-0.15, -0.1) is 10.2 Å². The molecule has 0 saturated carbocycles. The van der Waals surface area contributed by atoms with Gasteiger partial charge in [-0.1, -0.05) is 39.4 Å². The number of carbonyl (C=O) groups is 1. The van der Waals surface area contributed by atoms with Gasteiger partial charge in [0.2, 0.25) is 0 Å². The van der Waals surface area contributed by atoms with Crippen LogP contribution < -0.4 is 0 Å². The second-order valence-electron chi connectivity index (χ2n) is 8.24. The third-order valence-electron chi connectivity index (χ3n) is 4.29. The van der Waals surface area contributed by atoms with Gasteiger partial charge in [-0.3, -0.25) is 4.90 Å². The Morgan fingerprint density at radius 1 is 1.22 bits per heavy atom. The normalized spacial score (nSPS) is 22.1. The number of rotatable bonds is 2. The third-order valence-corrected chi connectivity index (χ3v) is 6.05. The minimum atomic E-state index is -0.805. The van der Waals surface area contributed by atoms with Crippen LogP contribution in [-0.4, -0.2) is 39.1 Å². The molecule has 8 heteroatoms. The van der Waals surface area contributed by atoms with Crippen molar-refractivity contribution in [3.05, 3.63) is 33.7 Å². The SMILES string of the molecule is CC(C)(C)OC(=O)N1C(C)(C)OCC1(C)c1nnc(-c2ccc(Br)cc2)s1. The van der Waals surface area contributed by atoms with Crippen molar-refractivity contribution in [2.24, 2.45) is 0 Å². The molecule has 1 amide bonds. The number of aromatic nitrogens is 2. The van der Waals surface area contributed by atoms with Gasteiger partial charge in [-0.25, -0.2) is 4.79 Å². The Morgan fingerprint density at radius 2 is 1.85 bits per heavy atom. The van der Waals surface area contributed by atoms with Crippen molar-refractivity contribution >= 4 is 33.4 Å². The van der Waals surface area contributed by atoms with Crippen molar-refractivity contribution < 1.29 is 14.3 Å². The summed E-state index contributed by atoms with van der Waals surface area (Å²) in [5.41, 5.74) is -1.18. The summed E-state index contributed by atoms with van der Waals surface area (Å²) in [4.78, 5) is 14.6. The fraction of sp³-hybridized carbons (Fsp3) is 0.526. The molecule has 0 aliphatic carbocycles. The fourth-order valence-corrected chi connectivity index (χ4v) is 4.31. The fourth-order valence-electron chi connectivity index (χ4n) is 3.08. The molecule has 0 bridgehead atoms. The molecular weight excluding hydrogens is 430 g/mol. The van der Waals surface area contributed by atoms with Gasteiger partial charge in [-0.2, -0.15) is 0 Å². The molecule has 146 valence electrons. The van der Waals surface area contributed by atoms with Crippen molar-refractivity contribution in [3.63, 3.8) is 0 Å². The zero-order valence-electron chi connectivity index (χ0n) is 16.4. The van der Waals surface area contributed by atoms with E-state index in [0.29, 0.717) is 6.61 Å². The maximum atomic E-state index is 13.0. The molecule has 2 aromatic rings. The Hall–Kier alpha value is -1.51. The summed E-state index contributed by atoms with van der Waals surface area (Å²) in [6.07, 6.45) is -0.423. The molecule has 1 unspecified atom stereocenters. The molecule has 6 nitrogen and oxygen atoms in total. The van der Waals surface area contributed by atoms with Gasteiger partial charge in [0.25, 0.3) is 0 Å². The van der Waals surface area contributed by atoms with Crippen LogP contribution in [0.25, 0.3) is 10.6 Å². The highest BCUT2D eigenvalue weighted by molar-refractivity contribution is 9.10. The summed E-state index contributed by atoms with van der Waals surface area (Å²) >= 11 is 4.90. The predicted molar refractivity (Wildman–Crippen MR) is 109 cm³/mol. The van der Waals surface area contributed by atoms with Crippen molar-refractivity contribution in [2.75, 3.05) is 6.61 Å². The quantitative estimate of drug-likeness (QED) is 0.625. The first-order chi connectivity index (χ1) is 12.4. The van der Waals surface area contributed by atoms with E-state index in [1.54, 1.807) is 4.90 Å². The van der Waals surface area contributed by atoms with Gasteiger partial charge in [0.05, 0.1) is 6.61 Å². The number of hydrogen-bond donors (Lipinski definition) is 0. The molecule has 1 atom stereocenters. The smallest absolute Gasteiger partial charge is 0.413 e. The summed E-state index contributed by atoms with van der Waals surface area (Å²) < 4.78 is 12.6. The predicted octanol–water partition coefficient (Wildman–Crippen LogP) is 5.19. The van der Waals surface area contributed by atoms with E-state index in [9.17, 15) is 4.79 Å². The van der Waals surface area contributed by atoms with E-state index in [0.717, 1.165) is 20.1 Å². The Kier molecular flexibility index (Phi) is 5.12. The Labute approximate surface area is 172 Å². The maximum Gasteiger partial charge on any atom is 0.413 e. The van der Waals surface area contributed by atoms with E-state index >= 15 is 0 Å². The molecule has 27 heavy (non-hydrogen) atoms. The van der Waals surface area contributed by atoms with E-state index in [4.69, 9.17) is 9.47 Å². The topological polar surface area (TPSA) is 64.5 Å². The van der Waals surface area contributed by atoms with Gasteiger partial charge in [0.15, 0.2) is 0 Å². The zero-order chi connectivity index (χ0) is 20.0. The van der Waals surface area contributed by atoms with E-state index in [2.05, 4.69) is 26.1 Å². The van der Waals surface area contributed by atoms with Crippen molar-refractivity contribution in [3.8, 4) is 10.6 Å². The van der Waals surface area contributed by atoms with E-state index in [1.165, 1.54) is 11.3 Å². The number of hydrogen-bond acceptors (Lipinski definition) is 6. The molecule has 1 aliphatic heterocycles. The second kappa shape index (κ2) is 6.83. The van der Waals surface area contributed by atoms with Crippen molar-refractivity contribution in [2.45, 2.75) is 58.4 Å². The molecule has 1 aromatic heterocycles. The first-order valence-corrected chi connectivity index (χ1v) is 10.3. The number of halogens is 1. The minimum absolute atomic E-state index is 0.328. The lowest BCUT2D eigenvalue weighted by Crippen LogP contribution is -2.54. The Balaban J connectivity index is 1.96. The zero-order valence-corrected chi connectivity index (χ0v) is 18.8. The Morgan fingerprint density at radius 3 is 2.44 bits per heavy atom. The lowest BCUT2D eigenvalue weighted by molar-refractivity contribution is -0.0685. The van der Waals surface area contributed by atoms with Crippen LogP contribution in [0.2, 0.25) is 0 Å². The van der Waals surface area contributed by atoms with Crippen LogP contribution in [-0.2, 0) is 15.0 Å². The van der Waals surface area contributed by atoms with Crippen LogP contribution in [0.15, 0.2) is 28.7 Å². The largest absolute Gasteiger partial charge is 0.444 e. The lowest BCUT2D eigenvalue weighted by atomic mass is 10.0. The highest BCUT2D eigenvalue weighted by Gasteiger charge is 2.55. The van der Waals surface area contributed by atoms with Gasteiger partial charge in [0.1, 0.15) is 26.9 Å². The summed E-state index contributed by atoms with van der Waals surface area (Å²) in [6.45, 7) is 11.5. The highest BCUT2D eigenvalue weighted by Crippen LogP contribution is 2.44. The molecule has 2 heterocycles. The first kappa shape index (κ1) is 20.2. The van der Waals surface area contributed by atoms with Crippen LogP contribution in [0.1, 0.15) is 46.6 Å². The van der Waals surface area contributed by atoms with Crippen LogP contribution in [0.5, 0.6) is 0 Å². The van der Waals surface area contributed by atoms with Crippen LogP contribution >= 0.6 is 27.3 Å². The van der Waals surface area contributed by atoms with Crippen LogP contribution in [0.3, 0.4) is 0 Å². The van der Waals surface area contributed by atoms with Gasteiger partial charge < -0.3 is 9.47 Å². The van der Waals surface area contributed by atoms with Crippen molar-refractivity contribution in [1.29, 1.82) is 0 Å². The number of amides is 1. The average Bonchev–Trinajstić information content (AvgIpc) is 3.10. The lowest BCUT2D eigenvalue weighted by Gasteiger charge is -2.39. The number of nitrogens with zero attached hydrogens (tertiary/aromatic N) is 3. The third kappa shape index (κ3) is 4.02. The molecule has 0 N–H and O–H groups in total. The van der Waals surface area contributed by atoms with Gasteiger partial charge in [0, 0.05) is 10.0 Å². The highest BCUT2D eigenvalue weighted by atomic mass is 79.9. The molecule has 0 radical (unpaired) electrons. The molecule has 0 spiro atoms. The van der Waals surface area contributed by atoms with Gasteiger partial charge in [-0.05, 0) is 53.7 Å². The summed E-state index contributed by atoms with van der Waals surface area (Å²) in [7, 11) is 0. The number of benzene rings is 1. The monoisotopic (exact) mass is 453 g/mol. The van der Waals surface area contributed by atoms with Crippen molar-refractivity contribution in [1.82, 2.24) is 15.1 Å². The minimum Gasteiger partial charge on any atom is -0.444 e. The van der Waals surface area contributed by atoms with Crippen LogP contribution in [0.4, 0.5) is 4.79 Å². The first-order valence-electron chi connectivity index (χ1n) is 8.70. The van der Waals surface area contributed by atoms with E-state index in [1.807, 2.05) is 65.8 Å². The molecule has 1 fully saturated rings.